The molecule has 1 aliphatic heterocycles. The molecule has 6 nitrogen and oxygen atoms in total. The van der Waals surface area contributed by atoms with Crippen LogP contribution in [-0.2, 0) is 16.1 Å². The minimum Gasteiger partial charge on any atom is -0.489 e. The molecule has 35 heavy (non-hydrogen) atoms. The van der Waals surface area contributed by atoms with Crippen molar-refractivity contribution in [1.82, 2.24) is 9.47 Å². The van der Waals surface area contributed by atoms with Gasteiger partial charge in [-0.2, -0.15) is 0 Å². The monoisotopic (exact) mass is 482 g/mol. The van der Waals surface area contributed by atoms with Gasteiger partial charge in [0, 0.05) is 24.0 Å². The molecule has 184 valence electrons. The predicted molar refractivity (Wildman–Crippen MR) is 128 cm³/mol. The molecule has 0 unspecified atom stereocenters. The van der Waals surface area contributed by atoms with Gasteiger partial charge in [0.15, 0.2) is 0 Å². The average Bonchev–Trinajstić information content (AvgIpc) is 3.23. The molecule has 1 atom stereocenters. The topological polar surface area (TPSA) is 60.8 Å². The first kappa shape index (κ1) is 24.4. The van der Waals surface area contributed by atoms with Crippen molar-refractivity contribution in [2.24, 2.45) is 5.92 Å². The van der Waals surface area contributed by atoms with Crippen LogP contribution in [0.25, 0.3) is 10.9 Å². The zero-order valence-electron chi connectivity index (χ0n) is 19.6. The summed E-state index contributed by atoms with van der Waals surface area (Å²) in [4.78, 5) is 27.6. The molecule has 0 aliphatic carbocycles. The lowest BCUT2D eigenvalue weighted by Crippen LogP contribution is -2.43. The number of piperidine rings is 1. The van der Waals surface area contributed by atoms with E-state index in [1.54, 1.807) is 46.7 Å². The molecule has 1 fully saturated rings. The number of esters is 1. The van der Waals surface area contributed by atoms with Crippen LogP contribution in [-0.4, -0.2) is 47.6 Å². The van der Waals surface area contributed by atoms with E-state index in [9.17, 15) is 18.4 Å². The van der Waals surface area contributed by atoms with Crippen LogP contribution in [0.15, 0.2) is 55.1 Å². The number of hydrogen-bond donors (Lipinski definition) is 0. The number of aromatic nitrogens is 1. The van der Waals surface area contributed by atoms with Gasteiger partial charge >= 0.3 is 5.97 Å². The van der Waals surface area contributed by atoms with Gasteiger partial charge in [0.25, 0.3) is 5.91 Å². The molecule has 0 N–H and O–H groups in total. The highest BCUT2D eigenvalue weighted by Crippen LogP contribution is 2.32. The minimum atomic E-state index is -0.690. The van der Waals surface area contributed by atoms with E-state index in [0.717, 1.165) is 0 Å². The van der Waals surface area contributed by atoms with Crippen LogP contribution < -0.4 is 4.74 Å². The molecule has 0 radical (unpaired) electrons. The highest BCUT2D eigenvalue weighted by atomic mass is 19.1. The molecule has 4 rings (SSSR count). The fraction of sp³-hybridized carbons (Fsp3) is 0.333. The molecule has 1 aromatic heterocycles. The minimum absolute atomic E-state index is 0.139. The third-order valence-electron chi connectivity index (χ3n) is 6.19. The van der Waals surface area contributed by atoms with E-state index >= 15 is 0 Å². The van der Waals surface area contributed by atoms with Crippen LogP contribution in [0.3, 0.4) is 0 Å². The number of rotatable bonds is 8. The second kappa shape index (κ2) is 10.7. The molecule has 8 heteroatoms. The average molecular weight is 483 g/mol. The molecule has 2 heterocycles. The summed E-state index contributed by atoms with van der Waals surface area (Å²) < 4.78 is 41.6. The summed E-state index contributed by atoms with van der Waals surface area (Å²) >= 11 is 0. The van der Waals surface area contributed by atoms with Crippen molar-refractivity contribution >= 4 is 22.8 Å². The fourth-order valence-electron chi connectivity index (χ4n) is 4.50. The maximum atomic E-state index is 14.6. The summed E-state index contributed by atoms with van der Waals surface area (Å²) in [6.45, 7) is 6.48. The Labute approximate surface area is 202 Å². The molecule has 1 aliphatic rings. The van der Waals surface area contributed by atoms with E-state index in [4.69, 9.17) is 9.47 Å². The Morgan fingerprint density at radius 2 is 1.91 bits per heavy atom. The molecule has 0 bridgehead atoms. The van der Waals surface area contributed by atoms with Crippen molar-refractivity contribution < 1.29 is 27.8 Å². The first-order valence-corrected chi connectivity index (χ1v) is 11.7. The van der Waals surface area contributed by atoms with Crippen LogP contribution >= 0.6 is 0 Å². The second-order valence-electron chi connectivity index (χ2n) is 8.45. The van der Waals surface area contributed by atoms with E-state index in [0.29, 0.717) is 36.0 Å². The molecular weight excluding hydrogens is 454 g/mol. The number of nitrogens with zero attached hydrogens (tertiary/aromatic N) is 2. The lowest BCUT2D eigenvalue weighted by atomic mass is 9.98. The van der Waals surface area contributed by atoms with Crippen LogP contribution in [0.5, 0.6) is 5.75 Å². The first-order chi connectivity index (χ1) is 16.9. The number of carbonyl (C=O) groups is 2. The van der Waals surface area contributed by atoms with Crippen LogP contribution in [0, 0.1) is 17.6 Å². The Morgan fingerprint density at radius 1 is 1.17 bits per heavy atom. The van der Waals surface area contributed by atoms with E-state index in [1.807, 2.05) is 0 Å². The highest BCUT2D eigenvalue weighted by Gasteiger charge is 2.32. The van der Waals surface area contributed by atoms with Gasteiger partial charge in [0.1, 0.15) is 29.7 Å². The summed E-state index contributed by atoms with van der Waals surface area (Å²) in [5.74, 6) is -1.89. The lowest BCUT2D eigenvalue weighted by Gasteiger charge is -2.31. The van der Waals surface area contributed by atoms with Gasteiger partial charge in [0.2, 0.25) is 0 Å². The van der Waals surface area contributed by atoms with Crippen LogP contribution in [0.1, 0.15) is 35.8 Å². The van der Waals surface area contributed by atoms with Gasteiger partial charge in [-0.3, -0.25) is 9.59 Å². The second-order valence-corrected chi connectivity index (χ2v) is 8.45. The lowest BCUT2D eigenvalue weighted by molar-refractivity contribution is -0.149. The van der Waals surface area contributed by atoms with E-state index in [-0.39, 0.29) is 49.4 Å². The standard InChI is InChI=1S/C27H28F2N2O4/c1-3-14-35-25-12-6-11-23-19(25)15-24(31(23)17-20-21(28)9-5-10-22(20)29)26(32)30-13-7-8-18(16-30)27(33)34-4-2/h3,5-6,9-12,15,18H,1,4,7-8,13-14,16-17H2,2H3/t18-/m1/s1. The summed E-state index contributed by atoms with van der Waals surface area (Å²) in [6.07, 6.45) is 2.91. The molecule has 1 amide bonds. The quantitative estimate of drug-likeness (QED) is 0.337. The normalized spacial score (nSPS) is 15.7. The SMILES string of the molecule is C=CCOc1cccc2c1cc(C(=O)N1CCC[C@@H](C(=O)OCC)C1)n2Cc1c(F)cccc1F. The Bertz CT molecular complexity index is 1230. The number of amides is 1. The Kier molecular flexibility index (Phi) is 7.48. The van der Waals surface area contributed by atoms with Crippen molar-refractivity contribution in [2.75, 3.05) is 26.3 Å². The molecule has 0 saturated carbocycles. The van der Waals surface area contributed by atoms with E-state index < -0.39 is 17.6 Å². The zero-order valence-corrected chi connectivity index (χ0v) is 19.6. The summed E-state index contributed by atoms with van der Waals surface area (Å²) in [5.41, 5.74) is 0.734. The summed E-state index contributed by atoms with van der Waals surface area (Å²) in [7, 11) is 0. The predicted octanol–water partition coefficient (Wildman–Crippen LogP) is 4.95. The molecule has 3 aromatic rings. The largest absolute Gasteiger partial charge is 0.489 e. The molecule has 2 aromatic carbocycles. The maximum absolute atomic E-state index is 14.6. The number of halogens is 2. The van der Waals surface area contributed by atoms with Crippen LogP contribution in [0.4, 0.5) is 8.78 Å². The maximum Gasteiger partial charge on any atom is 0.310 e. The number of likely N-dealkylation sites (tertiary alicyclic amines) is 1. The van der Waals surface area contributed by atoms with Crippen molar-refractivity contribution in [3.8, 4) is 5.75 Å². The van der Waals surface area contributed by atoms with Crippen molar-refractivity contribution in [3.05, 3.63) is 78.0 Å². The van der Waals surface area contributed by atoms with E-state index in [1.165, 1.54) is 18.2 Å². The third-order valence-corrected chi connectivity index (χ3v) is 6.19. The zero-order chi connectivity index (χ0) is 24.9. The molecule has 1 saturated heterocycles. The summed E-state index contributed by atoms with van der Waals surface area (Å²) in [6, 6.07) is 10.7. The highest BCUT2D eigenvalue weighted by molar-refractivity contribution is 6.00. The molecular formula is C27H28F2N2O4. The Morgan fingerprint density at radius 3 is 2.63 bits per heavy atom. The number of benzene rings is 2. The number of hydrogen-bond acceptors (Lipinski definition) is 4. The Hall–Kier alpha value is -3.68. The van der Waals surface area contributed by atoms with Gasteiger partial charge in [-0.15, -0.1) is 0 Å². The third kappa shape index (κ3) is 5.06. The van der Waals surface area contributed by atoms with Gasteiger partial charge in [0.05, 0.1) is 24.6 Å². The van der Waals surface area contributed by atoms with Crippen molar-refractivity contribution in [1.29, 1.82) is 0 Å². The van der Waals surface area contributed by atoms with Crippen LogP contribution in [0.2, 0.25) is 0 Å². The Balaban J connectivity index is 1.77. The van der Waals surface area contributed by atoms with Gasteiger partial charge in [-0.25, -0.2) is 8.78 Å². The van der Waals surface area contributed by atoms with Crippen molar-refractivity contribution in [2.45, 2.75) is 26.3 Å². The first-order valence-electron chi connectivity index (χ1n) is 11.7. The fourth-order valence-corrected chi connectivity index (χ4v) is 4.50. The molecule has 0 spiro atoms. The van der Waals surface area contributed by atoms with E-state index in [2.05, 4.69) is 6.58 Å². The van der Waals surface area contributed by atoms with Gasteiger partial charge in [-0.05, 0) is 50.1 Å². The number of carbonyl (C=O) groups excluding carboxylic acids is 2. The smallest absolute Gasteiger partial charge is 0.310 e. The van der Waals surface area contributed by atoms with Gasteiger partial charge in [-0.1, -0.05) is 24.8 Å². The number of ether oxygens (including phenoxy) is 2. The number of fused-ring (bicyclic) bond motifs is 1. The van der Waals surface area contributed by atoms with Crippen molar-refractivity contribution in [3.63, 3.8) is 0 Å². The summed E-state index contributed by atoms with van der Waals surface area (Å²) in [5, 5.41) is 0.647. The van der Waals surface area contributed by atoms with Gasteiger partial charge < -0.3 is 18.9 Å².